The normalized spacial score (nSPS) is 15.6. The highest BCUT2D eigenvalue weighted by Gasteiger charge is 2.19. The Morgan fingerprint density at radius 2 is 2.00 bits per heavy atom. The highest BCUT2D eigenvalue weighted by molar-refractivity contribution is 7.97. The molecule has 0 spiro atoms. The Balaban J connectivity index is 1.65. The number of β-amino-alcohol motifs (C(OH)–C–C–N with tert-alkyl or cyclic N) is 1. The number of aryl methyl sites for hydroxylation is 2. The number of aliphatic hydroxyl groups excluding tert-OH is 1. The zero-order valence-corrected chi connectivity index (χ0v) is 18.9. The summed E-state index contributed by atoms with van der Waals surface area (Å²) in [6.45, 7) is 10.7. The van der Waals surface area contributed by atoms with Crippen LogP contribution in [0, 0.1) is 13.8 Å². The van der Waals surface area contributed by atoms with Gasteiger partial charge in [0.25, 0.3) is 5.56 Å². The van der Waals surface area contributed by atoms with Gasteiger partial charge >= 0.3 is 0 Å². The average molecular weight is 445 g/mol. The molecule has 0 aliphatic carbocycles. The molecule has 166 valence electrons. The Bertz CT molecular complexity index is 1120. The Kier molecular flexibility index (Phi) is 6.61. The summed E-state index contributed by atoms with van der Waals surface area (Å²) in [5.41, 5.74) is 1.65. The minimum atomic E-state index is -0.219. The molecule has 1 aliphatic rings. The predicted molar refractivity (Wildman–Crippen MR) is 121 cm³/mol. The molecule has 0 bridgehead atoms. The third-order valence-electron chi connectivity index (χ3n) is 5.33. The van der Waals surface area contributed by atoms with Crippen molar-refractivity contribution in [3.05, 3.63) is 40.1 Å². The van der Waals surface area contributed by atoms with Crippen molar-refractivity contribution in [3.63, 3.8) is 0 Å². The molecule has 1 aromatic carbocycles. The summed E-state index contributed by atoms with van der Waals surface area (Å²) < 4.78 is 9.74. The molecule has 2 N–H and O–H groups in total. The first-order valence-electron chi connectivity index (χ1n) is 10.5. The van der Waals surface area contributed by atoms with Gasteiger partial charge in [0.15, 0.2) is 11.3 Å². The van der Waals surface area contributed by atoms with Crippen LogP contribution in [0.4, 0.5) is 0 Å². The van der Waals surface area contributed by atoms with Gasteiger partial charge in [-0.25, -0.2) is 13.8 Å². The molecule has 10 heteroatoms. The van der Waals surface area contributed by atoms with Gasteiger partial charge in [-0.15, -0.1) is 5.10 Å². The van der Waals surface area contributed by atoms with Gasteiger partial charge in [0.2, 0.25) is 0 Å². The van der Waals surface area contributed by atoms with Gasteiger partial charge in [0, 0.05) is 37.6 Å². The van der Waals surface area contributed by atoms with Crippen molar-refractivity contribution in [1.82, 2.24) is 28.8 Å². The third-order valence-corrected chi connectivity index (χ3v) is 6.41. The first-order chi connectivity index (χ1) is 15.0. The van der Waals surface area contributed by atoms with E-state index < -0.39 is 0 Å². The standard InChI is InChI=1S/C21H28N6O3S/c1-4-30-18-6-5-16(31-26-9-7-25(8-10-26)11-12-28)13-17(18)20-23-21(29)19-14(2)22-15(3)27(19)24-20/h5-6,13,28H,4,7-12H2,1-3H3,(H,23,24,29). The van der Waals surface area contributed by atoms with Crippen molar-refractivity contribution in [1.29, 1.82) is 0 Å². The van der Waals surface area contributed by atoms with Crippen LogP contribution in [0.1, 0.15) is 18.4 Å². The summed E-state index contributed by atoms with van der Waals surface area (Å²) in [5.74, 6) is 1.80. The maximum absolute atomic E-state index is 12.7. The van der Waals surface area contributed by atoms with Crippen LogP contribution < -0.4 is 10.3 Å². The highest BCUT2D eigenvalue weighted by atomic mass is 32.2. The number of ether oxygens (including phenoxy) is 1. The molecule has 0 saturated carbocycles. The monoisotopic (exact) mass is 444 g/mol. The van der Waals surface area contributed by atoms with Gasteiger partial charge in [-0.2, -0.15) is 0 Å². The van der Waals surface area contributed by atoms with Crippen molar-refractivity contribution in [2.24, 2.45) is 0 Å². The lowest BCUT2D eigenvalue weighted by molar-refractivity contribution is 0.156. The van der Waals surface area contributed by atoms with Gasteiger partial charge in [-0.3, -0.25) is 9.69 Å². The minimum Gasteiger partial charge on any atom is -0.493 e. The number of aliphatic hydroxyl groups is 1. The third kappa shape index (κ3) is 4.62. The molecule has 31 heavy (non-hydrogen) atoms. The molecule has 9 nitrogen and oxygen atoms in total. The average Bonchev–Trinajstić information content (AvgIpc) is 3.05. The van der Waals surface area contributed by atoms with E-state index in [4.69, 9.17) is 9.84 Å². The smallest absolute Gasteiger partial charge is 0.277 e. The van der Waals surface area contributed by atoms with Crippen LogP contribution >= 0.6 is 11.9 Å². The molecular weight excluding hydrogens is 416 g/mol. The molecule has 0 radical (unpaired) electrons. The van der Waals surface area contributed by atoms with Crippen molar-refractivity contribution in [2.75, 3.05) is 45.9 Å². The first kappa shape index (κ1) is 21.8. The van der Waals surface area contributed by atoms with E-state index in [-0.39, 0.29) is 12.2 Å². The second-order valence-corrected chi connectivity index (χ2v) is 8.65. The number of nitrogens with zero attached hydrogens (tertiary/aromatic N) is 5. The van der Waals surface area contributed by atoms with Crippen molar-refractivity contribution in [2.45, 2.75) is 25.7 Å². The number of H-pyrrole nitrogens is 1. The van der Waals surface area contributed by atoms with Crippen LogP contribution in [0.2, 0.25) is 0 Å². The zero-order valence-electron chi connectivity index (χ0n) is 18.1. The Hall–Kier alpha value is -2.40. The van der Waals surface area contributed by atoms with Gasteiger partial charge in [0.1, 0.15) is 11.6 Å². The first-order valence-corrected chi connectivity index (χ1v) is 11.3. The highest BCUT2D eigenvalue weighted by Crippen LogP contribution is 2.33. The summed E-state index contributed by atoms with van der Waals surface area (Å²) in [6, 6.07) is 5.97. The van der Waals surface area contributed by atoms with E-state index >= 15 is 0 Å². The van der Waals surface area contributed by atoms with E-state index in [0.29, 0.717) is 35.2 Å². The molecule has 4 rings (SSSR count). The van der Waals surface area contributed by atoms with E-state index in [0.717, 1.165) is 43.2 Å². The minimum absolute atomic E-state index is 0.195. The number of hydrogen-bond donors (Lipinski definition) is 2. The summed E-state index contributed by atoms with van der Waals surface area (Å²) in [7, 11) is 0. The fraction of sp³-hybridized carbons (Fsp3) is 0.476. The molecule has 0 atom stereocenters. The van der Waals surface area contributed by atoms with E-state index in [9.17, 15) is 4.79 Å². The number of rotatable bonds is 7. The lowest BCUT2D eigenvalue weighted by Gasteiger charge is -2.33. The van der Waals surface area contributed by atoms with Gasteiger partial charge in [-0.05, 0) is 50.9 Å². The van der Waals surface area contributed by atoms with Crippen molar-refractivity contribution < 1.29 is 9.84 Å². The maximum atomic E-state index is 12.7. The fourth-order valence-electron chi connectivity index (χ4n) is 3.82. The zero-order chi connectivity index (χ0) is 22.0. The van der Waals surface area contributed by atoms with E-state index in [2.05, 4.69) is 24.3 Å². The number of piperazine rings is 1. The predicted octanol–water partition coefficient (Wildman–Crippen LogP) is 1.72. The van der Waals surface area contributed by atoms with E-state index in [1.54, 1.807) is 16.5 Å². The summed E-state index contributed by atoms with van der Waals surface area (Å²) >= 11 is 1.69. The van der Waals surface area contributed by atoms with Crippen LogP contribution in [-0.4, -0.2) is 79.8 Å². The lowest BCUT2D eigenvalue weighted by Crippen LogP contribution is -2.44. The summed E-state index contributed by atoms with van der Waals surface area (Å²) in [6.07, 6.45) is 0. The summed E-state index contributed by atoms with van der Waals surface area (Å²) in [5, 5.41) is 13.8. The molecule has 2 aromatic heterocycles. The number of fused-ring (bicyclic) bond motifs is 1. The molecule has 1 aliphatic heterocycles. The van der Waals surface area contributed by atoms with Crippen molar-refractivity contribution >= 4 is 17.5 Å². The largest absolute Gasteiger partial charge is 0.493 e. The maximum Gasteiger partial charge on any atom is 0.277 e. The van der Waals surface area contributed by atoms with Crippen LogP contribution in [0.5, 0.6) is 5.75 Å². The number of aromatic amines is 1. The number of hydrogen-bond acceptors (Lipinski definition) is 8. The molecule has 0 amide bonds. The van der Waals surface area contributed by atoms with Gasteiger partial charge in [-0.1, -0.05) is 0 Å². The number of imidazole rings is 1. The molecule has 0 unspecified atom stereocenters. The SMILES string of the molecule is CCOc1ccc(SN2CCN(CCO)CC2)cc1-c1nn2c(C)nc(C)c2c(=O)[nH]1. The Morgan fingerprint density at radius 3 is 2.71 bits per heavy atom. The molecule has 3 heterocycles. The number of aromatic nitrogens is 4. The Labute approximate surface area is 185 Å². The quantitative estimate of drug-likeness (QED) is 0.532. The molecule has 1 saturated heterocycles. The van der Waals surface area contributed by atoms with Gasteiger partial charge in [0.05, 0.1) is 24.5 Å². The van der Waals surface area contributed by atoms with E-state index in [1.165, 1.54) is 0 Å². The number of nitrogens with one attached hydrogen (secondary N) is 1. The van der Waals surface area contributed by atoms with E-state index in [1.807, 2.05) is 39.0 Å². The molecule has 1 fully saturated rings. The molecular formula is C21H28N6O3S. The fourth-order valence-corrected chi connectivity index (χ4v) is 4.76. The second-order valence-electron chi connectivity index (χ2n) is 7.48. The lowest BCUT2D eigenvalue weighted by atomic mass is 10.2. The number of benzene rings is 1. The second kappa shape index (κ2) is 9.39. The van der Waals surface area contributed by atoms with Crippen molar-refractivity contribution in [3.8, 4) is 17.1 Å². The van der Waals surface area contributed by atoms with Crippen LogP contribution in [0.3, 0.4) is 0 Å². The van der Waals surface area contributed by atoms with Crippen LogP contribution in [0.15, 0.2) is 27.9 Å². The molecule has 3 aromatic rings. The Morgan fingerprint density at radius 1 is 1.23 bits per heavy atom. The van der Waals surface area contributed by atoms with Gasteiger partial charge < -0.3 is 14.8 Å². The van der Waals surface area contributed by atoms with Crippen LogP contribution in [0.25, 0.3) is 16.9 Å². The van der Waals surface area contributed by atoms with Crippen LogP contribution in [-0.2, 0) is 0 Å². The summed E-state index contributed by atoms with van der Waals surface area (Å²) in [4.78, 5) is 23.3. The topological polar surface area (TPSA) is 99.0 Å².